The van der Waals surface area contributed by atoms with Gasteiger partial charge in [-0.3, -0.25) is 4.72 Å². The van der Waals surface area contributed by atoms with E-state index < -0.39 is 10.2 Å². The summed E-state index contributed by atoms with van der Waals surface area (Å²) in [5.74, 6) is 0.161. The number of anilines is 2. The fourth-order valence-electron chi connectivity index (χ4n) is 1.25. The Balaban J connectivity index is 2.93. The van der Waals surface area contributed by atoms with Crippen molar-refractivity contribution in [2.24, 2.45) is 0 Å². The lowest BCUT2D eigenvalue weighted by atomic mass is 10.4. The first-order valence-corrected chi connectivity index (χ1v) is 6.43. The summed E-state index contributed by atoms with van der Waals surface area (Å²) in [6.07, 6.45) is 1.48. The number of hydrogen-bond acceptors (Lipinski definition) is 4. The molecule has 0 aliphatic carbocycles. The molecule has 16 heavy (non-hydrogen) atoms. The van der Waals surface area contributed by atoms with Crippen LogP contribution < -0.4 is 10.5 Å². The predicted octanol–water partition coefficient (Wildman–Crippen LogP) is 0.662. The Labute approximate surface area is 95.7 Å². The fourth-order valence-corrected chi connectivity index (χ4v) is 2.48. The van der Waals surface area contributed by atoms with Crippen LogP contribution in [0, 0.1) is 0 Å². The van der Waals surface area contributed by atoms with Gasteiger partial charge in [-0.05, 0) is 12.1 Å². The molecule has 0 saturated heterocycles. The summed E-state index contributed by atoms with van der Waals surface area (Å²) >= 11 is 0. The lowest BCUT2D eigenvalue weighted by Crippen LogP contribution is -2.35. The third-order valence-corrected chi connectivity index (χ3v) is 3.76. The van der Waals surface area contributed by atoms with E-state index in [0.717, 1.165) is 0 Å². The van der Waals surface area contributed by atoms with E-state index in [0.29, 0.717) is 18.8 Å². The molecule has 0 aromatic carbocycles. The molecule has 0 aliphatic rings. The highest BCUT2D eigenvalue weighted by molar-refractivity contribution is 7.90. The van der Waals surface area contributed by atoms with Gasteiger partial charge in [0.2, 0.25) is 0 Å². The molecule has 0 unspecified atom stereocenters. The molecule has 90 valence electrons. The van der Waals surface area contributed by atoms with Gasteiger partial charge in [0, 0.05) is 19.3 Å². The number of nitrogen functional groups attached to an aromatic ring is 1. The molecule has 6 nitrogen and oxygen atoms in total. The molecule has 7 heteroatoms. The monoisotopic (exact) mass is 244 g/mol. The van der Waals surface area contributed by atoms with Crippen LogP contribution in [0.3, 0.4) is 0 Å². The van der Waals surface area contributed by atoms with Crippen molar-refractivity contribution < 1.29 is 8.42 Å². The quantitative estimate of drug-likeness (QED) is 0.796. The molecule has 3 N–H and O–H groups in total. The summed E-state index contributed by atoms with van der Waals surface area (Å²) in [6.45, 7) is 4.34. The zero-order valence-electron chi connectivity index (χ0n) is 9.34. The highest BCUT2D eigenvalue weighted by atomic mass is 32.2. The van der Waals surface area contributed by atoms with Crippen LogP contribution in [-0.4, -0.2) is 30.8 Å². The topological polar surface area (TPSA) is 88.3 Å². The van der Waals surface area contributed by atoms with Gasteiger partial charge < -0.3 is 5.73 Å². The highest BCUT2D eigenvalue weighted by Crippen LogP contribution is 2.15. The standard InChI is InChI=1S/C9H16N4O2S/c1-3-13(4-2)16(14,15)12-9-8(10)6-5-7-11-9/h5-7H,3-4,10H2,1-2H3,(H,11,12). The Kier molecular flexibility index (Phi) is 4.08. The first-order valence-electron chi connectivity index (χ1n) is 4.99. The molecule has 0 spiro atoms. The molecule has 0 saturated carbocycles. The molecular weight excluding hydrogens is 228 g/mol. The minimum Gasteiger partial charge on any atom is -0.396 e. The predicted molar refractivity (Wildman–Crippen MR) is 64.1 cm³/mol. The number of rotatable bonds is 5. The number of aromatic nitrogens is 1. The molecule has 0 radical (unpaired) electrons. The smallest absolute Gasteiger partial charge is 0.302 e. The summed E-state index contributed by atoms with van der Waals surface area (Å²) < 4.78 is 27.3. The average molecular weight is 244 g/mol. The zero-order chi connectivity index (χ0) is 12.2. The summed E-state index contributed by atoms with van der Waals surface area (Å²) in [4.78, 5) is 3.87. The fraction of sp³-hybridized carbons (Fsp3) is 0.444. The summed E-state index contributed by atoms with van der Waals surface area (Å²) in [7, 11) is -3.56. The van der Waals surface area contributed by atoms with Crippen molar-refractivity contribution in [3.8, 4) is 0 Å². The van der Waals surface area contributed by atoms with Crippen LogP contribution in [-0.2, 0) is 10.2 Å². The highest BCUT2D eigenvalue weighted by Gasteiger charge is 2.19. The molecule has 0 atom stereocenters. The van der Waals surface area contributed by atoms with Crippen LogP contribution in [0.25, 0.3) is 0 Å². The van der Waals surface area contributed by atoms with Gasteiger partial charge in [0.25, 0.3) is 0 Å². The van der Waals surface area contributed by atoms with Crippen molar-refractivity contribution in [1.29, 1.82) is 0 Å². The van der Waals surface area contributed by atoms with E-state index in [2.05, 4.69) is 9.71 Å². The minimum atomic E-state index is -3.56. The molecule has 1 rings (SSSR count). The van der Waals surface area contributed by atoms with Crippen LogP contribution in [0.15, 0.2) is 18.3 Å². The van der Waals surface area contributed by atoms with Crippen LogP contribution in [0.2, 0.25) is 0 Å². The molecule has 0 aliphatic heterocycles. The van der Waals surface area contributed by atoms with Gasteiger partial charge in [-0.2, -0.15) is 12.7 Å². The maximum absolute atomic E-state index is 11.8. The van der Waals surface area contributed by atoms with Gasteiger partial charge in [-0.1, -0.05) is 13.8 Å². The molecule has 1 heterocycles. The first kappa shape index (κ1) is 12.7. The van der Waals surface area contributed by atoms with Gasteiger partial charge in [0.15, 0.2) is 5.82 Å². The van der Waals surface area contributed by atoms with Crippen LogP contribution in [0.1, 0.15) is 13.8 Å². The summed E-state index contributed by atoms with van der Waals surface area (Å²) in [5.41, 5.74) is 5.91. The average Bonchev–Trinajstić information content (AvgIpc) is 2.22. The van der Waals surface area contributed by atoms with Gasteiger partial charge in [-0.15, -0.1) is 0 Å². The van der Waals surface area contributed by atoms with E-state index in [1.54, 1.807) is 26.0 Å². The van der Waals surface area contributed by atoms with Crippen molar-refractivity contribution in [2.75, 3.05) is 23.5 Å². The van der Waals surface area contributed by atoms with Crippen molar-refractivity contribution in [2.45, 2.75) is 13.8 Å². The third kappa shape index (κ3) is 2.83. The van der Waals surface area contributed by atoms with Crippen molar-refractivity contribution in [3.63, 3.8) is 0 Å². The van der Waals surface area contributed by atoms with Crippen LogP contribution in [0.4, 0.5) is 11.5 Å². The van der Waals surface area contributed by atoms with Gasteiger partial charge in [0.05, 0.1) is 5.69 Å². The first-order chi connectivity index (χ1) is 7.51. The van der Waals surface area contributed by atoms with E-state index in [-0.39, 0.29) is 5.82 Å². The zero-order valence-corrected chi connectivity index (χ0v) is 10.2. The number of nitrogens with one attached hydrogen (secondary N) is 1. The largest absolute Gasteiger partial charge is 0.396 e. The SMILES string of the molecule is CCN(CC)S(=O)(=O)Nc1ncccc1N. The van der Waals surface area contributed by atoms with E-state index in [4.69, 9.17) is 5.73 Å². The number of nitrogens with two attached hydrogens (primary N) is 1. The Hall–Kier alpha value is -1.34. The van der Waals surface area contributed by atoms with Crippen molar-refractivity contribution >= 4 is 21.7 Å². The van der Waals surface area contributed by atoms with Crippen molar-refractivity contribution in [3.05, 3.63) is 18.3 Å². The van der Waals surface area contributed by atoms with Gasteiger partial charge in [0.1, 0.15) is 0 Å². The third-order valence-electron chi connectivity index (χ3n) is 2.11. The van der Waals surface area contributed by atoms with Crippen molar-refractivity contribution in [1.82, 2.24) is 9.29 Å². The van der Waals surface area contributed by atoms with Crippen LogP contribution in [0.5, 0.6) is 0 Å². The van der Waals surface area contributed by atoms with Gasteiger partial charge >= 0.3 is 10.2 Å². The molecule has 1 aromatic heterocycles. The normalized spacial score (nSPS) is 11.7. The second kappa shape index (κ2) is 5.13. The Bertz CT molecular complexity index is 443. The van der Waals surface area contributed by atoms with E-state index in [9.17, 15) is 8.42 Å². The Morgan fingerprint density at radius 2 is 2.06 bits per heavy atom. The number of hydrogen-bond donors (Lipinski definition) is 2. The molecular formula is C9H16N4O2S. The van der Waals surface area contributed by atoms with E-state index in [1.165, 1.54) is 10.5 Å². The number of nitrogens with zero attached hydrogens (tertiary/aromatic N) is 2. The van der Waals surface area contributed by atoms with E-state index in [1.807, 2.05) is 0 Å². The molecule has 1 aromatic rings. The second-order valence-electron chi connectivity index (χ2n) is 3.13. The Morgan fingerprint density at radius 1 is 1.44 bits per heavy atom. The second-order valence-corrected chi connectivity index (χ2v) is 4.80. The molecule has 0 fully saturated rings. The Morgan fingerprint density at radius 3 is 2.56 bits per heavy atom. The maximum atomic E-state index is 11.8. The van der Waals surface area contributed by atoms with E-state index >= 15 is 0 Å². The lowest BCUT2D eigenvalue weighted by Gasteiger charge is -2.19. The van der Waals surface area contributed by atoms with Crippen LogP contribution >= 0.6 is 0 Å². The van der Waals surface area contributed by atoms with Gasteiger partial charge in [-0.25, -0.2) is 4.98 Å². The molecule has 0 amide bonds. The lowest BCUT2D eigenvalue weighted by molar-refractivity contribution is 0.449. The minimum absolute atomic E-state index is 0.161. The maximum Gasteiger partial charge on any atom is 0.302 e. The molecule has 0 bridgehead atoms. The summed E-state index contributed by atoms with van der Waals surface area (Å²) in [6, 6.07) is 3.23. The number of pyridine rings is 1. The summed E-state index contributed by atoms with van der Waals surface area (Å²) in [5, 5.41) is 0.